The summed E-state index contributed by atoms with van der Waals surface area (Å²) in [7, 11) is 1.87. The quantitative estimate of drug-likeness (QED) is 0.945. The zero-order valence-electron chi connectivity index (χ0n) is 9.89. The van der Waals surface area contributed by atoms with Crippen LogP contribution in [-0.4, -0.2) is 14.9 Å². The molecule has 90 valence electrons. The van der Waals surface area contributed by atoms with Gasteiger partial charge in [-0.05, 0) is 30.2 Å². The molecule has 17 heavy (non-hydrogen) atoms. The van der Waals surface area contributed by atoms with Gasteiger partial charge in [0.25, 0.3) is 0 Å². The third-order valence-electron chi connectivity index (χ3n) is 2.75. The molecule has 3 nitrogen and oxygen atoms in total. The van der Waals surface area contributed by atoms with Crippen LogP contribution in [0.4, 0.5) is 0 Å². The van der Waals surface area contributed by atoms with Crippen molar-refractivity contribution in [3.63, 3.8) is 0 Å². The Labute approximate surface area is 109 Å². The van der Waals surface area contributed by atoms with Gasteiger partial charge in [-0.1, -0.05) is 28.1 Å². The van der Waals surface area contributed by atoms with Crippen LogP contribution in [0.3, 0.4) is 0 Å². The van der Waals surface area contributed by atoms with Crippen molar-refractivity contribution in [2.24, 2.45) is 7.05 Å². The number of halogens is 1. The van der Waals surface area contributed by atoms with Crippen molar-refractivity contribution < 1.29 is 5.11 Å². The fraction of sp³-hybridized carbons (Fsp3) is 0.308. The van der Waals surface area contributed by atoms with E-state index in [0.717, 1.165) is 15.7 Å². The van der Waals surface area contributed by atoms with Crippen molar-refractivity contribution in [2.45, 2.75) is 19.4 Å². The van der Waals surface area contributed by atoms with Crippen LogP contribution in [0.15, 0.2) is 34.9 Å². The van der Waals surface area contributed by atoms with Gasteiger partial charge in [-0.2, -0.15) is 5.10 Å². The van der Waals surface area contributed by atoms with Crippen molar-refractivity contribution in [3.8, 4) is 0 Å². The van der Waals surface area contributed by atoms with Crippen molar-refractivity contribution in [2.75, 3.05) is 0 Å². The van der Waals surface area contributed by atoms with Gasteiger partial charge in [0.2, 0.25) is 0 Å². The van der Waals surface area contributed by atoms with E-state index < -0.39 is 6.10 Å². The maximum atomic E-state index is 10.1. The number of aliphatic hydroxyl groups excluding tert-OH is 1. The molecule has 1 N–H and O–H groups in total. The number of hydrogen-bond acceptors (Lipinski definition) is 2. The van der Waals surface area contributed by atoms with Crippen LogP contribution in [0.25, 0.3) is 0 Å². The Morgan fingerprint density at radius 2 is 2.18 bits per heavy atom. The van der Waals surface area contributed by atoms with Crippen LogP contribution in [-0.2, 0) is 13.5 Å². The van der Waals surface area contributed by atoms with Gasteiger partial charge in [-0.25, -0.2) is 0 Å². The van der Waals surface area contributed by atoms with E-state index in [2.05, 4.69) is 21.0 Å². The lowest BCUT2D eigenvalue weighted by Crippen LogP contribution is -2.03. The Bertz CT molecular complexity index is 522. The summed E-state index contributed by atoms with van der Waals surface area (Å²) in [6.45, 7) is 2.03. The Morgan fingerprint density at radius 1 is 1.41 bits per heavy atom. The molecule has 1 heterocycles. The highest BCUT2D eigenvalue weighted by Gasteiger charge is 2.11. The fourth-order valence-electron chi connectivity index (χ4n) is 1.70. The molecule has 0 saturated carbocycles. The normalized spacial score (nSPS) is 12.7. The summed E-state index contributed by atoms with van der Waals surface area (Å²) in [6, 6.07) is 7.84. The second-order valence-electron chi connectivity index (χ2n) is 4.21. The van der Waals surface area contributed by atoms with Crippen LogP contribution in [0.2, 0.25) is 0 Å². The minimum absolute atomic E-state index is 0.512. The van der Waals surface area contributed by atoms with Crippen molar-refractivity contribution >= 4 is 15.9 Å². The minimum Gasteiger partial charge on any atom is -0.388 e. The molecule has 1 aromatic carbocycles. The highest BCUT2D eigenvalue weighted by atomic mass is 79.9. The van der Waals surface area contributed by atoms with E-state index in [0.29, 0.717) is 6.42 Å². The molecule has 1 atom stereocenters. The van der Waals surface area contributed by atoms with E-state index in [4.69, 9.17) is 0 Å². The Morgan fingerprint density at radius 3 is 2.76 bits per heavy atom. The van der Waals surface area contributed by atoms with Gasteiger partial charge in [0.1, 0.15) is 0 Å². The number of aryl methyl sites for hydroxylation is 2. The monoisotopic (exact) mass is 294 g/mol. The summed E-state index contributed by atoms with van der Waals surface area (Å²) in [4.78, 5) is 0. The first-order valence-electron chi connectivity index (χ1n) is 5.49. The van der Waals surface area contributed by atoms with Gasteiger partial charge in [0, 0.05) is 24.1 Å². The van der Waals surface area contributed by atoms with Gasteiger partial charge in [0.05, 0.1) is 11.8 Å². The lowest BCUT2D eigenvalue weighted by molar-refractivity contribution is 0.177. The summed E-state index contributed by atoms with van der Waals surface area (Å²) in [6.07, 6.45) is 1.91. The molecule has 0 aliphatic heterocycles. The summed E-state index contributed by atoms with van der Waals surface area (Å²) >= 11 is 3.47. The van der Waals surface area contributed by atoms with Gasteiger partial charge < -0.3 is 5.11 Å². The summed E-state index contributed by atoms with van der Waals surface area (Å²) < 4.78 is 2.77. The van der Waals surface area contributed by atoms with E-state index in [-0.39, 0.29) is 0 Å². The number of rotatable bonds is 3. The van der Waals surface area contributed by atoms with Crippen molar-refractivity contribution in [1.29, 1.82) is 0 Å². The highest BCUT2D eigenvalue weighted by molar-refractivity contribution is 9.10. The molecule has 0 aliphatic rings. The Kier molecular flexibility index (Phi) is 3.64. The number of benzene rings is 1. The Balaban J connectivity index is 2.14. The molecule has 0 aliphatic carbocycles. The molecule has 2 rings (SSSR count). The van der Waals surface area contributed by atoms with E-state index in [1.54, 1.807) is 4.68 Å². The molecule has 0 bridgehead atoms. The van der Waals surface area contributed by atoms with Crippen LogP contribution < -0.4 is 0 Å². The molecule has 0 amide bonds. The van der Waals surface area contributed by atoms with Crippen LogP contribution >= 0.6 is 15.9 Å². The topological polar surface area (TPSA) is 38.0 Å². The highest BCUT2D eigenvalue weighted by Crippen LogP contribution is 2.23. The first kappa shape index (κ1) is 12.3. The average Bonchev–Trinajstić information content (AvgIpc) is 2.68. The minimum atomic E-state index is -0.512. The molecule has 0 saturated heterocycles. The van der Waals surface area contributed by atoms with Crippen molar-refractivity contribution in [1.82, 2.24) is 9.78 Å². The smallest absolute Gasteiger partial charge is 0.0846 e. The molecule has 2 aromatic rings. The molecule has 1 unspecified atom stereocenters. The first-order valence-corrected chi connectivity index (χ1v) is 6.28. The maximum Gasteiger partial charge on any atom is 0.0846 e. The molecule has 0 spiro atoms. The lowest BCUT2D eigenvalue weighted by atomic mass is 10.0. The predicted molar refractivity (Wildman–Crippen MR) is 70.8 cm³/mol. The number of hydrogen-bond donors (Lipinski definition) is 1. The van der Waals surface area contributed by atoms with Crippen molar-refractivity contribution in [3.05, 3.63) is 51.8 Å². The largest absolute Gasteiger partial charge is 0.388 e. The molecule has 0 radical (unpaired) electrons. The Hall–Kier alpha value is -1.13. The average molecular weight is 295 g/mol. The predicted octanol–water partition coefficient (Wildman–Crippen LogP) is 2.77. The molecule has 0 fully saturated rings. The second kappa shape index (κ2) is 5.02. The van der Waals surface area contributed by atoms with Crippen LogP contribution in [0.1, 0.15) is 22.9 Å². The molecule has 1 aromatic heterocycles. The first-order chi connectivity index (χ1) is 8.06. The van der Waals surface area contributed by atoms with E-state index in [1.165, 1.54) is 5.56 Å². The molecular weight excluding hydrogens is 280 g/mol. The maximum absolute atomic E-state index is 10.1. The zero-order chi connectivity index (χ0) is 12.4. The van der Waals surface area contributed by atoms with E-state index in [9.17, 15) is 5.11 Å². The van der Waals surface area contributed by atoms with Crippen LogP contribution in [0.5, 0.6) is 0 Å². The summed E-state index contributed by atoms with van der Waals surface area (Å²) in [5, 5.41) is 14.4. The summed E-state index contributed by atoms with van der Waals surface area (Å²) in [5.41, 5.74) is 2.98. The fourth-order valence-corrected chi connectivity index (χ4v) is 2.10. The van der Waals surface area contributed by atoms with Gasteiger partial charge in [-0.15, -0.1) is 0 Å². The number of aliphatic hydroxyl groups is 1. The lowest BCUT2D eigenvalue weighted by Gasteiger charge is -2.10. The van der Waals surface area contributed by atoms with E-state index >= 15 is 0 Å². The van der Waals surface area contributed by atoms with Gasteiger partial charge >= 0.3 is 0 Å². The second-order valence-corrected chi connectivity index (χ2v) is 5.06. The molecule has 4 heteroatoms. The standard InChI is InChI=1S/C13H15BrN2O/c1-9-3-4-10(7-12(9)14)13(17)8-11-5-6-16(2)15-11/h3-7,13,17H,8H2,1-2H3. The number of aromatic nitrogens is 2. The molecular formula is C13H15BrN2O. The SMILES string of the molecule is Cc1ccc(C(O)Cc2ccn(C)n2)cc1Br. The third kappa shape index (κ3) is 2.96. The number of nitrogens with zero attached hydrogens (tertiary/aromatic N) is 2. The third-order valence-corrected chi connectivity index (χ3v) is 3.61. The zero-order valence-corrected chi connectivity index (χ0v) is 11.5. The van der Waals surface area contributed by atoms with Gasteiger partial charge in [0.15, 0.2) is 0 Å². The van der Waals surface area contributed by atoms with Crippen LogP contribution in [0, 0.1) is 6.92 Å². The van der Waals surface area contributed by atoms with E-state index in [1.807, 2.05) is 44.4 Å². The summed E-state index contributed by atoms with van der Waals surface area (Å²) in [5.74, 6) is 0. The van der Waals surface area contributed by atoms with Gasteiger partial charge in [-0.3, -0.25) is 4.68 Å².